The first kappa shape index (κ1) is 28.3. The minimum Gasteiger partial charge on any atom is -0.462 e. The van der Waals surface area contributed by atoms with Crippen molar-refractivity contribution in [2.45, 2.75) is 44.2 Å². The predicted molar refractivity (Wildman–Crippen MR) is 144 cm³/mol. The second-order valence-corrected chi connectivity index (χ2v) is 11.2. The van der Waals surface area contributed by atoms with Crippen molar-refractivity contribution in [3.05, 3.63) is 51.4 Å². The van der Waals surface area contributed by atoms with Gasteiger partial charge < -0.3 is 14.8 Å². The van der Waals surface area contributed by atoms with E-state index in [0.717, 1.165) is 40.0 Å². The zero-order valence-corrected chi connectivity index (χ0v) is 23.3. The lowest BCUT2D eigenvalue weighted by Gasteiger charge is -2.10. The van der Waals surface area contributed by atoms with Crippen LogP contribution in [0.2, 0.25) is 0 Å². The molecule has 0 aliphatic heterocycles. The molecular formula is C24H26N4O6S3. The fraction of sp³-hybridized carbons (Fsp3) is 0.333. The highest BCUT2D eigenvalue weighted by molar-refractivity contribution is 8.02. The summed E-state index contributed by atoms with van der Waals surface area (Å²) in [6.45, 7) is 8.79. The fourth-order valence-corrected chi connectivity index (χ4v) is 6.14. The van der Waals surface area contributed by atoms with Crippen LogP contribution >= 0.6 is 34.4 Å². The van der Waals surface area contributed by atoms with E-state index in [1.165, 1.54) is 0 Å². The summed E-state index contributed by atoms with van der Waals surface area (Å²) in [6, 6.07) is 7.19. The molecule has 1 unspecified atom stereocenters. The normalized spacial score (nSPS) is 11.5. The number of anilines is 2. The van der Waals surface area contributed by atoms with Gasteiger partial charge in [0.25, 0.3) is 5.91 Å². The van der Waals surface area contributed by atoms with Gasteiger partial charge in [-0.1, -0.05) is 41.3 Å². The first-order valence-corrected chi connectivity index (χ1v) is 13.8. The van der Waals surface area contributed by atoms with Gasteiger partial charge in [0.15, 0.2) is 4.34 Å². The number of aromatic nitrogens is 2. The average Bonchev–Trinajstić information content (AvgIpc) is 3.42. The van der Waals surface area contributed by atoms with Gasteiger partial charge in [-0.2, -0.15) is 0 Å². The number of nitrogens with one attached hydrogen (secondary N) is 2. The minimum absolute atomic E-state index is 0.123. The summed E-state index contributed by atoms with van der Waals surface area (Å²) in [7, 11) is 0. The molecule has 1 atom stereocenters. The highest BCUT2D eigenvalue weighted by Crippen LogP contribution is 2.36. The van der Waals surface area contributed by atoms with Crippen LogP contribution in [0.5, 0.6) is 0 Å². The summed E-state index contributed by atoms with van der Waals surface area (Å²) < 4.78 is 10.7. The molecular weight excluding hydrogens is 536 g/mol. The SMILES string of the molecule is CCOC(=O)c1sc(NC(=O)C(C)Sc2nnc(NC(=O)c3ccccc3C)s2)c(C(=O)OCC)c1C. The van der Waals surface area contributed by atoms with Crippen LogP contribution in [-0.2, 0) is 14.3 Å². The van der Waals surface area contributed by atoms with E-state index >= 15 is 0 Å². The van der Waals surface area contributed by atoms with Crippen LogP contribution in [-0.4, -0.2) is 52.4 Å². The maximum Gasteiger partial charge on any atom is 0.348 e. The van der Waals surface area contributed by atoms with Crippen LogP contribution in [0.3, 0.4) is 0 Å². The van der Waals surface area contributed by atoms with E-state index in [-0.39, 0.29) is 34.6 Å². The number of hydrogen-bond donors (Lipinski definition) is 2. The van der Waals surface area contributed by atoms with Crippen molar-refractivity contribution < 1.29 is 28.7 Å². The molecule has 13 heteroatoms. The third-order valence-corrected chi connectivity index (χ3v) is 8.20. The summed E-state index contributed by atoms with van der Waals surface area (Å²) in [6.07, 6.45) is 0. The molecule has 2 N–H and O–H groups in total. The number of amides is 2. The lowest BCUT2D eigenvalue weighted by molar-refractivity contribution is -0.115. The number of thioether (sulfide) groups is 1. The largest absolute Gasteiger partial charge is 0.462 e. The smallest absolute Gasteiger partial charge is 0.348 e. The minimum atomic E-state index is -0.638. The molecule has 1 aromatic carbocycles. The van der Waals surface area contributed by atoms with Crippen molar-refractivity contribution in [2.75, 3.05) is 23.8 Å². The zero-order chi connectivity index (χ0) is 27.1. The fourth-order valence-electron chi connectivity index (χ4n) is 3.16. The number of aryl methyl sites for hydroxylation is 1. The summed E-state index contributed by atoms with van der Waals surface area (Å²) in [4.78, 5) is 50.6. The molecule has 0 bridgehead atoms. The molecule has 0 fully saturated rings. The molecule has 2 heterocycles. The maximum absolute atomic E-state index is 13.0. The quantitative estimate of drug-likeness (QED) is 0.200. The number of rotatable bonds is 10. The Hall–Kier alpha value is -3.29. The Kier molecular flexibility index (Phi) is 9.78. The first-order valence-electron chi connectivity index (χ1n) is 11.3. The molecule has 0 aliphatic carbocycles. The number of ether oxygens (including phenoxy) is 2. The van der Waals surface area contributed by atoms with Gasteiger partial charge >= 0.3 is 11.9 Å². The number of hydrogen-bond acceptors (Lipinski definition) is 11. The predicted octanol–water partition coefficient (Wildman–Crippen LogP) is 4.94. The Balaban J connectivity index is 1.70. The van der Waals surface area contributed by atoms with Crippen molar-refractivity contribution in [3.63, 3.8) is 0 Å². The van der Waals surface area contributed by atoms with Gasteiger partial charge in [-0.15, -0.1) is 21.5 Å². The molecule has 196 valence electrons. The molecule has 3 rings (SSSR count). The van der Waals surface area contributed by atoms with Crippen LogP contribution in [0.25, 0.3) is 0 Å². The van der Waals surface area contributed by atoms with Gasteiger partial charge in [0.1, 0.15) is 9.88 Å². The van der Waals surface area contributed by atoms with Gasteiger partial charge in [-0.05, 0) is 51.8 Å². The van der Waals surface area contributed by atoms with E-state index in [4.69, 9.17) is 9.47 Å². The summed E-state index contributed by atoms with van der Waals surface area (Å²) in [5, 5.41) is 13.4. The van der Waals surface area contributed by atoms with Gasteiger partial charge in [0.2, 0.25) is 11.0 Å². The molecule has 0 spiro atoms. The molecule has 3 aromatic rings. The van der Waals surface area contributed by atoms with E-state index in [1.54, 1.807) is 39.8 Å². The van der Waals surface area contributed by atoms with Crippen molar-refractivity contribution in [1.29, 1.82) is 0 Å². The molecule has 0 saturated heterocycles. The standard InChI is InChI=1S/C24H26N4O6S3/c1-6-33-21(31)16-13(4)17(22(32)34-7-2)36-20(16)25-18(29)14(5)35-24-28-27-23(37-24)26-19(30)15-11-9-8-10-12(15)3/h8-11,14H,6-7H2,1-5H3,(H,25,29)(H,26,27,30). The Morgan fingerprint density at radius 3 is 2.32 bits per heavy atom. The Morgan fingerprint density at radius 2 is 1.65 bits per heavy atom. The number of nitrogens with zero attached hydrogens (tertiary/aromatic N) is 2. The van der Waals surface area contributed by atoms with Crippen LogP contribution in [0.1, 0.15) is 62.3 Å². The lowest BCUT2D eigenvalue weighted by atomic mass is 10.1. The van der Waals surface area contributed by atoms with Gasteiger partial charge in [0, 0.05) is 5.56 Å². The highest BCUT2D eigenvalue weighted by Gasteiger charge is 2.28. The topological polar surface area (TPSA) is 137 Å². The van der Waals surface area contributed by atoms with Crippen LogP contribution < -0.4 is 10.6 Å². The van der Waals surface area contributed by atoms with Crippen LogP contribution in [0.15, 0.2) is 28.6 Å². The molecule has 2 amide bonds. The Labute approximate surface area is 226 Å². The number of thiophene rings is 1. The molecule has 0 saturated carbocycles. The molecule has 2 aromatic heterocycles. The summed E-state index contributed by atoms with van der Waals surface area (Å²) >= 11 is 3.25. The maximum atomic E-state index is 13.0. The molecule has 10 nitrogen and oxygen atoms in total. The average molecular weight is 563 g/mol. The van der Waals surface area contributed by atoms with Crippen molar-refractivity contribution in [1.82, 2.24) is 10.2 Å². The van der Waals surface area contributed by atoms with Crippen molar-refractivity contribution in [3.8, 4) is 0 Å². The lowest BCUT2D eigenvalue weighted by Crippen LogP contribution is -2.23. The van der Waals surface area contributed by atoms with Crippen LogP contribution in [0, 0.1) is 13.8 Å². The van der Waals surface area contributed by atoms with E-state index in [2.05, 4.69) is 20.8 Å². The van der Waals surface area contributed by atoms with E-state index in [9.17, 15) is 19.2 Å². The highest BCUT2D eigenvalue weighted by atomic mass is 32.2. The summed E-state index contributed by atoms with van der Waals surface area (Å²) in [5.41, 5.74) is 1.88. The summed E-state index contributed by atoms with van der Waals surface area (Å²) in [5.74, 6) is -1.92. The molecule has 0 radical (unpaired) electrons. The number of benzene rings is 1. The number of carbonyl (C=O) groups is 4. The molecule has 0 aliphatic rings. The monoisotopic (exact) mass is 562 g/mol. The van der Waals surface area contributed by atoms with E-state index < -0.39 is 23.1 Å². The van der Waals surface area contributed by atoms with Gasteiger partial charge in [-0.25, -0.2) is 9.59 Å². The second kappa shape index (κ2) is 12.8. The third-order valence-electron chi connectivity index (χ3n) is 4.99. The number of carbonyl (C=O) groups excluding carboxylic acids is 4. The van der Waals surface area contributed by atoms with E-state index in [0.29, 0.717) is 20.6 Å². The molecule has 37 heavy (non-hydrogen) atoms. The van der Waals surface area contributed by atoms with E-state index in [1.807, 2.05) is 19.1 Å². The Morgan fingerprint density at radius 1 is 0.973 bits per heavy atom. The second-order valence-electron chi connectivity index (χ2n) is 7.59. The Bertz CT molecular complexity index is 1320. The van der Waals surface area contributed by atoms with Crippen molar-refractivity contribution in [2.24, 2.45) is 0 Å². The van der Waals surface area contributed by atoms with Crippen molar-refractivity contribution >= 4 is 68.3 Å². The first-order chi connectivity index (χ1) is 17.7. The van der Waals surface area contributed by atoms with Gasteiger partial charge in [0.05, 0.1) is 24.0 Å². The zero-order valence-electron chi connectivity index (χ0n) is 20.9. The van der Waals surface area contributed by atoms with Gasteiger partial charge in [-0.3, -0.25) is 14.9 Å². The number of esters is 2. The van der Waals surface area contributed by atoms with Crippen LogP contribution in [0.4, 0.5) is 10.1 Å². The third kappa shape index (κ3) is 6.93.